The van der Waals surface area contributed by atoms with Crippen LogP contribution in [-0.2, 0) is 6.42 Å². The van der Waals surface area contributed by atoms with E-state index in [-0.39, 0.29) is 5.92 Å². The highest BCUT2D eigenvalue weighted by Gasteiger charge is 2.28. The quantitative estimate of drug-likeness (QED) is 0.533. The van der Waals surface area contributed by atoms with Crippen molar-refractivity contribution in [2.45, 2.75) is 19.5 Å². The van der Waals surface area contributed by atoms with E-state index < -0.39 is 6.17 Å². The van der Waals surface area contributed by atoms with E-state index in [1.165, 1.54) is 5.56 Å². The molecule has 0 unspecified atom stereocenters. The Labute approximate surface area is 66.1 Å². The molecule has 0 fully saturated rings. The highest BCUT2D eigenvalue weighted by molar-refractivity contribution is 5.34. The van der Waals surface area contributed by atoms with Crippen molar-refractivity contribution in [3.8, 4) is 0 Å². The molecule has 11 heavy (non-hydrogen) atoms. The number of fused-ring (bicyclic) bond motifs is 1. The fourth-order valence-corrected chi connectivity index (χ4v) is 1.75. The molecule has 2 atom stereocenters. The molecule has 0 aromatic heterocycles. The number of hydrogen-bond donors (Lipinski definition) is 0. The lowest BCUT2D eigenvalue weighted by molar-refractivity contribution is 0.268. The maximum Gasteiger partial charge on any atom is 0.128 e. The molecule has 0 bridgehead atoms. The van der Waals surface area contributed by atoms with E-state index in [1.807, 2.05) is 31.2 Å². The molecule has 1 heteroatoms. The Hall–Kier alpha value is -0.850. The monoisotopic (exact) mass is 150 g/mol. The Bertz CT molecular complexity index is 267. The zero-order valence-electron chi connectivity index (χ0n) is 6.55. The minimum Gasteiger partial charge on any atom is -0.242 e. The summed E-state index contributed by atoms with van der Waals surface area (Å²) in [6.45, 7) is 1.96. The molecule has 1 aromatic rings. The predicted molar refractivity (Wildman–Crippen MR) is 43.2 cm³/mol. The van der Waals surface area contributed by atoms with Crippen LogP contribution in [0.1, 0.15) is 24.2 Å². The molecule has 0 nitrogen and oxygen atoms in total. The third-order valence-corrected chi connectivity index (χ3v) is 2.39. The summed E-state index contributed by atoms with van der Waals surface area (Å²) in [4.78, 5) is 0. The van der Waals surface area contributed by atoms with Crippen LogP contribution in [0.5, 0.6) is 0 Å². The smallest absolute Gasteiger partial charge is 0.128 e. The topological polar surface area (TPSA) is 0 Å². The first-order chi connectivity index (χ1) is 5.29. The highest BCUT2D eigenvalue weighted by atomic mass is 19.1. The van der Waals surface area contributed by atoms with E-state index in [4.69, 9.17) is 0 Å². The molecule has 0 N–H and O–H groups in total. The van der Waals surface area contributed by atoms with E-state index in [9.17, 15) is 4.39 Å². The van der Waals surface area contributed by atoms with Gasteiger partial charge in [0.1, 0.15) is 6.17 Å². The molecule has 0 spiro atoms. The fraction of sp³-hybridized carbons (Fsp3) is 0.400. The molecule has 1 aromatic carbocycles. The third kappa shape index (κ3) is 0.953. The van der Waals surface area contributed by atoms with Crippen molar-refractivity contribution in [3.05, 3.63) is 35.4 Å². The summed E-state index contributed by atoms with van der Waals surface area (Å²) in [7, 11) is 0. The lowest BCUT2D eigenvalue weighted by atomic mass is 10.1. The van der Waals surface area contributed by atoms with Crippen molar-refractivity contribution in [1.29, 1.82) is 0 Å². The lowest BCUT2D eigenvalue weighted by Gasteiger charge is -2.03. The normalized spacial score (nSPS) is 28.5. The predicted octanol–water partition coefficient (Wildman–Crippen LogP) is 2.89. The molecule has 1 aliphatic carbocycles. The number of benzene rings is 1. The van der Waals surface area contributed by atoms with E-state index >= 15 is 0 Å². The number of hydrogen-bond acceptors (Lipinski definition) is 0. The summed E-state index contributed by atoms with van der Waals surface area (Å²) in [5.74, 6) is 0.174. The average molecular weight is 150 g/mol. The maximum atomic E-state index is 13.3. The molecule has 1 aliphatic rings. The molecule has 0 heterocycles. The zero-order valence-corrected chi connectivity index (χ0v) is 6.55. The second-order valence-corrected chi connectivity index (χ2v) is 3.28. The first-order valence-corrected chi connectivity index (χ1v) is 4.01. The van der Waals surface area contributed by atoms with Crippen LogP contribution in [0.3, 0.4) is 0 Å². The van der Waals surface area contributed by atoms with Gasteiger partial charge in [-0.25, -0.2) is 4.39 Å². The summed E-state index contributed by atoms with van der Waals surface area (Å²) in [5.41, 5.74) is 2.09. The molecular weight excluding hydrogens is 139 g/mol. The highest BCUT2D eigenvalue weighted by Crippen LogP contribution is 2.38. The van der Waals surface area contributed by atoms with Gasteiger partial charge in [0.15, 0.2) is 0 Å². The minimum absolute atomic E-state index is 0.174. The number of alkyl halides is 1. The van der Waals surface area contributed by atoms with Crippen LogP contribution < -0.4 is 0 Å². The van der Waals surface area contributed by atoms with Gasteiger partial charge in [-0.1, -0.05) is 31.2 Å². The second-order valence-electron chi connectivity index (χ2n) is 3.28. The Kier molecular flexibility index (Phi) is 1.45. The Morgan fingerprint density at radius 3 is 2.82 bits per heavy atom. The molecule has 0 amide bonds. The van der Waals surface area contributed by atoms with Gasteiger partial charge in [-0.15, -0.1) is 0 Å². The van der Waals surface area contributed by atoms with E-state index in [0.717, 1.165) is 12.0 Å². The molecule has 0 radical (unpaired) electrons. The van der Waals surface area contributed by atoms with Crippen LogP contribution in [0.25, 0.3) is 0 Å². The fourth-order valence-electron chi connectivity index (χ4n) is 1.75. The summed E-state index contributed by atoms with van der Waals surface area (Å²) >= 11 is 0. The standard InChI is InChI=1S/C10H11F/c1-7-6-8-4-2-3-5-9(8)10(7)11/h2-5,7,10H,6H2,1H3/t7-,10+/m0/s1. The van der Waals surface area contributed by atoms with Crippen molar-refractivity contribution in [3.63, 3.8) is 0 Å². The first-order valence-electron chi connectivity index (χ1n) is 4.01. The minimum atomic E-state index is -0.730. The summed E-state index contributed by atoms with van der Waals surface area (Å²) < 4.78 is 13.3. The molecule has 58 valence electrons. The Morgan fingerprint density at radius 1 is 1.36 bits per heavy atom. The SMILES string of the molecule is C[C@H]1Cc2ccccc2[C@@H]1F. The largest absolute Gasteiger partial charge is 0.242 e. The van der Waals surface area contributed by atoms with Crippen molar-refractivity contribution in [2.75, 3.05) is 0 Å². The van der Waals surface area contributed by atoms with Crippen LogP contribution in [0, 0.1) is 5.92 Å². The third-order valence-electron chi connectivity index (χ3n) is 2.39. The van der Waals surface area contributed by atoms with Gasteiger partial charge in [0, 0.05) is 0 Å². The van der Waals surface area contributed by atoms with Gasteiger partial charge >= 0.3 is 0 Å². The van der Waals surface area contributed by atoms with Gasteiger partial charge in [0.2, 0.25) is 0 Å². The van der Waals surface area contributed by atoms with Crippen LogP contribution in [0.4, 0.5) is 4.39 Å². The van der Waals surface area contributed by atoms with E-state index in [1.54, 1.807) is 0 Å². The summed E-state index contributed by atoms with van der Waals surface area (Å²) in [6, 6.07) is 7.79. The maximum absolute atomic E-state index is 13.3. The molecule has 2 rings (SSSR count). The molecule has 0 saturated heterocycles. The first kappa shape index (κ1) is 6.84. The van der Waals surface area contributed by atoms with Crippen LogP contribution in [0.2, 0.25) is 0 Å². The van der Waals surface area contributed by atoms with Crippen molar-refractivity contribution < 1.29 is 4.39 Å². The van der Waals surface area contributed by atoms with Gasteiger partial charge in [-0.3, -0.25) is 0 Å². The number of rotatable bonds is 0. The van der Waals surface area contributed by atoms with Crippen molar-refractivity contribution >= 4 is 0 Å². The van der Waals surface area contributed by atoms with Crippen molar-refractivity contribution in [1.82, 2.24) is 0 Å². The molecular formula is C10H11F. The van der Waals surface area contributed by atoms with Gasteiger partial charge < -0.3 is 0 Å². The second kappa shape index (κ2) is 2.33. The molecule has 0 aliphatic heterocycles. The lowest BCUT2D eigenvalue weighted by Crippen LogP contribution is -1.95. The van der Waals surface area contributed by atoms with Crippen LogP contribution in [-0.4, -0.2) is 0 Å². The van der Waals surface area contributed by atoms with Crippen molar-refractivity contribution in [2.24, 2.45) is 5.92 Å². The van der Waals surface area contributed by atoms with Gasteiger partial charge in [-0.2, -0.15) is 0 Å². The summed E-state index contributed by atoms with van der Waals surface area (Å²) in [6.07, 6.45) is 0.170. The zero-order chi connectivity index (χ0) is 7.84. The number of halogens is 1. The Balaban J connectivity index is 2.47. The van der Waals surface area contributed by atoms with Crippen LogP contribution in [0.15, 0.2) is 24.3 Å². The van der Waals surface area contributed by atoms with Crippen LogP contribution >= 0.6 is 0 Å². The van der Waals surface area contributed by atoms with Gasteiger partial charge in [0.25, 0.3) is 0 Å². The Morgan fingerprint density at radius 2 is 2.09 bits per heavy atom. The molecule has 0 saturated carbocycles. The van der Waals surface area contributed by atoms with E-state index in [0.29, 0.717) is 0 Å². The summed E-state index contributed by atoms with van der Waals surface area (Å²) in [5, 5.41) is 0. The van der Waals surface area contributed by atoms with Gasteiger partial charge in [-0.05, 0) is 23.5 Å². The average Bonchev–Trinajstić information content (AvgIpc) is 2.30. The van der Waals surface area contributed by atoms with Gasteiger partial charge in [0.05, 0.1) is 0 Å². The van der Waals surface area contributed by atoms with E-state index in [2.05, 4.69) is 0 Å².